The number of amides is 1. The van der Waals surface area contributed by atoms with E-state index in [0.29, 0.717) is 34.1 Å². The summed E-state index contributed by atoms with van der Waals surface area (Å²) >= 11 is 0. The largest absolute Gasteiger partial charge is 0.493 e. The number of methoxy groups -OCH3 is 3. The van der Waals surface area contributed by atoms with Crippen LogP contribution in [0, 0.1) is 17.0 Å². The molecule has 0 radical (unpaired) electrons. The van der Waals surface area contributed by atoms with E-state index >= 15 is 0 Å². The van der Waals surface area contributed by atoms with E-state index in [1.807, 2.05) is 0 Å². The van der Waals surface area contributed by atoms with Gasteiger partial charge in [0.2, 0.25) is 5.75 Å². The first-order chi connectivity index (χ1) is 14.3. The van der Waals surface area contributed by atoms with E-state index in [-0.39, 0.29) is 12.1 Å². The molecule has 160 valence electrons. The first kappa shape index (κ1) is 22.5. The Kier molecular flexibility index (Phi) is 7.56. The summed E-state index contributed by atoms with van der Waals surface area (Å²) in [5.41, 5.74) is 1.39. The molecule has 0 aliphatic heterocycles. The molecule has 0 spiro atoms. The lowest BCUT2D eigenvalue weighted by Gasteiger charge is -2.14. The van der Waals surface area contributed by atoms with Gasteiger partial charge in [-0.1, -0.05) is 0 Å². The van der Waals surface area contributed by atoms with Gasteiger partial charge in [-0.25, -0.2) is 0 Å². The van der Waals surface area contributed by atoms with E-state index in [1.54, 1.807) is 19.1 Å². The maximum absolute atomic E-state index is 12.1. The van der Waals surface area contributed by atoms with Crippen molar-refractivity contribution in [1.29, 1.82) is 0 Å². The highest BCUT2D eigenvalue weighted by Gasteiger charge is 2.16. The molecule has 2 rings (SSSR count). The highest BCUT2D eigenvalue weighted by molar-refractivity contribution is 5.93. The van der Waals surface area contributed by atoms with E-state index < -0.39 is 23.4 Å². The summed E-state index contributed by atoms with van der Waals surface area (Å²) in [7, 11) is 4.40. The smallest absolute Gasteiger partial charge is 0.310 e. The van der Waals surface area contributed by atoms with Crippen molar-refractivity contribution in [1.82, 2.24) is 0 Å². The number of benzene rings is 2. The van der Waals surface area contributed by atoms with Crippen LogP contribution in [0.4, 0.5) is 11.4 Å². The molecule has 0 aliphatic carbocycles. The predicted molar refractivity (Wildman–Crippen MR) is 107 cm³/mol. The Hall–Kier alpha value is -3.82. The fourth-order valence-corrected chi connectivity index (χ4v) is 2.69. The number of carbonyl (C=O) groups is 2. The minimum atomic E-state index is -0.625. The van der Waals surface area contributed by atoms with E-state index in [9.17, 15) is 19.7 Å². The van der Waals surface area contributed by atoms with Gasteiger partial charge in [0, 0.05) is 17.8 Å². The van der Waals surface area contributed by atoms with Crippen molar-refractivity contribution in [3.63, 3.8) is 0 Å². The third kappa shape index (κ3) is 5.60. The third-order valence-corrected chi connectivity index (χ3v) is 4.13. The molecule has 1 N–H and O–H groups in total. The average Bonchev–Trinajstić information content (AvgIpc) is 2.72. The number of nitro benzene ring substituents is 1. The summed E-state index contributed by atoms with van der Waals surface area (Å²) in [6, 6.07) is 7.26. The van der Waals surface area contributed by atoms with Crippen LogP contribution in [0.25, 0.3) is 0 Å². The van der Waals surface area contributed by atoms with Crippen LogP contribution >= 0.6 is 0 Å². The number of anilines is 1. The standard InChI is InChI=1S/C20H22N2O8/c1-12-7-14(22(25)26)5-6-15(12)21-18(23)11-30-19(24)10-13-8-16(27-2)20(29-4)17(9-13)28-3/h5-9H,10-11H2,1-4H3,(H,21,23). The maximum atomic E-state index is 12.1. The highest BCUT2D eigenvalue weighted by atomic mass is 16.6. The molecular formula is C20H22N2O8. The second-order valence-electron chi connectivity index (χ2n) is 6.18. The van der Waals surface area contributed by atoms with Gasteiger partial charge >= 0.3 is 5.97 Å². The number of ether oxygens (including phenoxy) is 4. The molecule has 0 atom stereocenters. The SMILES string of the molecule is COc1cc(CC(=O)OCC(=O)Nc2ccc([N+](=O)[O-])cc2C)cc(OC)c1OC. The Labute approximate surface area is 172 Å². The van der Waals surface area contributed by atoms with Crippen molar-refractivity contribution in [2.75, 3.05) is 33.3 Å². The van der Waals surface area contributed by atoms with Crippen LogP contribution in [0.1, 0.15) is 11.1 Å². The lowest BCUT2D eigenvalue weighted by atomic mass is 10.1. The first-order valence-corrected chi connectivity index (χ1v) is 8.78. The molecular weight excluding hydrogens is 396 g/mol. The third-order valence-electron chi connectivity index (χ3n) is 4.13. The molecule has 0 unspecified atom stereocenters. The molecule has 10 heteroatoms. The summed E-state index contributed by atoms with van der Waals surface area (Å²) in [6.07, 6.45) is -0.111. The molecule has 0 bridgehead atoms. The number of non-ortho nitro benzene ring substituents is 1. The molecule has 2 aromatic rings. The Morgan fingerprint density at radius 2 is 1.67 bits per heavy atom. The first-order valence-electron chi connectivity index (χ1n) is 8.78. The number of esters is 1. The quantitative estimate of drug-likeness (QED) is 0.374. The summed E-state index contributed by atoms with van der Waals surface area (Å²) < 4.78 is 20.7. The second kappa shape index (κ2) is 10.1. The van der Waals surface area contributed by atoms with E-state index in [0.717, 1.165) is 0 Å². The number of aryl methyl sites for hydroxylation is 1. The Bertz CT molecular complexity index is 933. The minimum absolute atomic E-state index is 0.0812. The van der Waals surface area contributed by atoms with Crippen LogP contribution in [0.5, 0.6) is 17.2 Å². The van der Waals surface area contributed by atoms with Gasteiger partial charge in [-0.15, -0.1) is 0 Å². The lowest BCUT2D eigenvalue weighted by Crippen LogP contribution is -2.22. The fraction of sp³-hybridized carbons (Fsp3) is 0.300. The highest BCUT2D eigenvalue weighted by Crippen LogP contribution is 2.38. The van der Waals surface area contributed by atoms with Crippen molar-refractivity contribution >= 4 is 23.3 Å². The molecule has 1 amide bonds. The number of hydrogen-bond donors (Lipinski definition) is 1. The molecule has 0 saturated carbocycles. The predicted octanol–water partition coefficient (Wildman–Crippen LogP) is 2.65. The second-order valence-corrected chi connectivity index (χ2v) is 6.18. The van der Waals surface area contributed by atoms with Crippen LogP contribution in [0.15, 0.2) is 30.3 Å². The summed E-state index contributed by atoms with van der Waals surface area (Å²) in [6.45, 7) is 1.12. The molecule has 0 aromatic heterocycles. The maximum Gasteiger partial charge on any atom is 0.310 e. The number of nitrogens with one attached hydrogen (secondary N) is 1. The van der Waals surface area contributed by atoms with Crippen molar-refractivity contribution in [3.05, 3.63) is 51.6 Å². The van der Waals surface area contributed by atoms with Crippen LogP contribution in [-0.2, 0) is 20.7 Å². The number of nitro groups is 1. The van der Waals surface area contributed by atoms with Crippen molar-refractivity contribution in [3.8, 4) is 17.2 Å². The zero-order valence-corrected chi connectivity index (χ0v) is 17.0. The molecule has 30 heavy (non-hydrogen) atoms. The van der Waals surface area contributed by atoms with Gasteiger partial charge in [-0.05, 0) is 36.2 Å². The van der Waals surface area contributed by atoms with Crippen LogP contribution < -0.4 is 19.5 Å². The topological polar surface area (TPSA) is 126 Å². The normalized spacial score (nSPS) is 10.1. The number of rotatable bonds is 9. The zero-order chi connectivity index (χ0) is 22.3. The Balaban J connectivity index is 1.96. The Morgan fingerprint density at radius 3 is 2.17 bits per heavy atom. The number of carbonyl (C=O) groups excluding carboxylic acids is 2. The fourth-order valence-electron chi connectivity index (χ4n) is 2.69. The monoisotopic (exact) mass is 418 g/mol. The number of hydrogen-bond acceptors (Lipinski definition) is 8. The van der Waals surface area contributed by atoms with Gasteiger partial charge in [0.25, 0.3) is 11.6 Å². The van der Waals surface area contributed by atoms with E-state index in [1.165, 1.54) is 39.5 Å². The van der Waals surface area contributed by atoms with Crippen molar-refractivity contribution in [2.45, 2.75) is 13.3 Å². The molecule has 0 saturated heterocycles. The van der Waals surface area contributed by atoms with E-state index in [2.05, 4.69) is 5.32 Å². The van der Waals surface area contributed by atoms with Crippen molar-refractivity contribution < 1.29 is 33.5 Å². The average molecular weight is 418 g/mol. The molecule has 0 aliphatic rings. The number of nitrogens with zero attached hydrogens (tertiary/aromatic N) is 1. The zero-order valence-electron chi connectivity index (χ0n) is 17.0. The molecule has 2 aromatic carbocycles. The lowest BCUT2D eigenvalue weighted by molar-refractivity contribution is -0.384. The molecule has 0 heterocycles. The summed E-state index contributed by atoms with van der Waals surface area (Å²) in [5.74, 6) is -0.00270. The van der Waals surface area contributed by atoms with Gasteiger partial charge in [-0.2, -0.15) is 0 Å². The van der Waals surface area contributed by atoms with Crippen LogP contribution in [0.2, 0.25) is 0 Å². The van der Waals surface area contributed by atoms with E-state index in [4.69, 9.17) is 18.9 Å². The van der Waals surface area contributed by atoms with Gasteiger partial charge < -0.3 is 24.3 Å². The molecule has 0 fully saturated rings. The summed E-state index contributed by atoms with van der Waals surface area (Å²) in [4.78, 5) is 34.4. The summed E-state index contributed by atoms with van der Waals surface area (Å²) in [5, 5.41) is 13.3. The van der Waals surface area contributed by atoms with Crippen molar-refractivity contribution in [2.24, 2.45) is 0 Å². The van der Waals surface area contributed by atoms with Gasteiger partial charge in [-0.3, -0.25) is 19.7 Å². The minimum Gasteiger partial charge on any atom is -0.493 e. The molecule has 10 nitrogen and oxygen atoms in total. The van der Waals surface area contributed by atoms with Crippen LogP contribution in [0.3, 0.4) is 0 Å². The van der Waals surface area contributed by atoms with Gasteiger partial charge in [0.15, 0.2) is 18.1 Å². The van der Waals surface area contributed by atoms with Gasteiger partial charge in [0.05, 0.1) is 32.7 Å². The van der Waals surface area contributed by atoms with Crippen LogP contribution in [-0.4, -0.2) is 44.7 Å². The Morgan fingerprint density at radius 1 is 1.03 bits per heavy atom. The van der Waals surface area contributed by atoms with Gasteiger partial charge in [0.1, 0.15) is 0 Å².